The second kappa shape index (κ2) is 5.94. The van der Waals surface area contributed by atoms with Crippen molar-refractivity contribution >= 4 is 23.2 Å². The Balaban J connectivity index is 2.50. The molecule has 0 spiro atoms. The van der Waals surface area contributed by atoms with E-state index in [1.54, 1.807) is 0 Å². The summed E-state index contributed by atoms with van der Waals surface area (Å²) in [5, 5.41) is 0.732. The highest BCUT2D eigenvalue weighted by atomic mass is 35.5. The number of ether oxygens (including phenoxy) is 1. The lowest BCUT2D eigenvalue weighted by Crippen LogP contribution is -1.97. The third kappa shape index (κ3) is 3.60. The minimum atomic E-state index is 0.631. The minimum absolute atomic E-state index is 0.631. The van der Waals surface area contributed by atoms with E-state index in [2.05, 4.69) is 0 Å². The van der Waals surface area contributed by atoms with Gasteiger partial charge in [0.15, 0.2) is 0 Å². The molecule has 0 N–H and O–H groups in total. The number of benzene rings is 1. The lowest BCUT2D eigenvalue weighted by molar-refractivity contribution is 0.323. The Morgan fingerprint density at radius 2 is 2.21 bits per heavy atom. The van der Waals surface area contributed by atoms with Crippen molar-refractivity contribution in [1.82, 2.24) is 0 Å². The van der Waals surface area contributed by atoms with E-state index in [-0.39, 0.29) is 0 Å². The first kappa shape index (κ1) is 11.4. The fraction of sp³-hybridized carbons (Fsp3) is 0.273. The van der Waals surface area contributed by atoms with Crippen LogP contribution in [0.2, 0.25) is 5.02 Å². The van der Waals surface area contributed by atoms with Gasteiger partial charge in [-0.05, 0) is 30.7 Å². The van der Waals surface area contributed by atoms with Crippen LogP contribution in [0.15, 0.2) is 29.8 Å². The lowest BCUT2D eigenvalue weighted by Gasteiger charge is -2.07. The van der Waals surface area contributed by atoms with E-state index in [0.29, 0.717) is 6.61 Å². The smallest absolute Gasteiger partial charge is 0.122 e. The van der Waals surface area contributed by atoms with Crippen molar-refractivity contribution in [1.29, 1.82) is 0 Å². The molecule has 0 aliphatic rings. The van der Waals surface area contributed by atoms with Crippen LogP contribution in [-0.4, -0.2) is 6.61 Å². The standard InChI is InChI=1S/C11H12Cl2O/c1-9-8-10(13)4-5-11(9)14-7-3-2-6-12/h2,4-6,8H,3,7H2,1H3/b6-2+. The van der Waals surface area contributed by atoms with Crippen molar-refractivity contribution in [2.24, 2.45) is 0 Å². The van der Waals surface area contributed by atoms with Crippen molar-refractivity contribution in [2.75, 3.05) is 6.61 Å². The van der Waals surface area contributed by atoms with Crippen LogP contribution in [0, 0.1) is 6.92 Å². The van der Waals surface area contributed by atoms with Gasteiger partial charge in [0.2, 0.25) is 0 Å². The van der Waals surface area contributed by atoms with E-state index in [9.17, 15) is 0 Å². The number of halogens is 2. The van der Waals surface area contributed by atoms with Crippen molar-refractivity contribution in [3.63, 3.8) is 0 Å². The van der Waals surface area contributed by atoms with Gasteiger partial charge in [-0.3, -0.25) is 0 Å². The predicted molar refractivity (Wildman–Crippen MR) is 61.3 cm³/mol. The van der Waals surface area contributed by atoms with Crippen LogP contribution in [0.5, 0.6) is 5.75 Å². The Bertz CT molecular complexity index is 321. The highest BCUT2D eigenvalue weighted by Crippen LogP contribution is 2.21. The first-order valence-corrected chi connectivity index (χ1v) is 5.19. The van der Waals surface area contributed by atoms with Gasteiger partial charge < -0.3 is 4.74 Å². The molecule has 76 valence electrons. The average Bonchev–Trinajstić information content (AvgIpc) is 2.15. The molecule has 1 aromatic rings. The molecule has 0 unspecified atom stereocenters. The van der Waals surface area contributed by atoms with Crippen LogP contribution in [0.4, 0.5) is 0 Å². The third-order valence-electron chi connectivity index (χ3n) is 1.77. The average molecular weight is 231 g/mol. The molecule has 0 heterocycles. The largest absolute Gasteiger partial charge is 0.493 e. The third-order valence-corrected chi connectivity index (χ3v) is 2.18. The molecule has 0 saturated heterocycles. The summed E-state index contributed by atoms with van der Waals surface area (Å²) in [7, 11) is 0. The fourth-order valence-electron chi connectivity index (χ4n) is 1.07. The van der Waals surface area contributed by atoms with Gasteiger partial charge in [0.05, 0.1) is 6.61 Å². The van der Waals surface area contributed by atoms with Gasteiger partial charge in [-0.25, -0.2) is 0 Å². The van der Waals surface area contributed by atoms with Crippen molar-refractivity contribution in [3.8, 4) is 5.75 Å². The molecule has 0 radical (unpaired) electrons. The highest BCUT2D eigenvalue weighted by Gasteiger charge is 1.98. The molecule has 1 nitrogen and oxygen atoms in total. The molecule has 1 aromatic carbocycles. The van der Waals surface area contributed by atoms with Crippen molar-refractivity contribution < 1.29 is 4.74 Å². The van der Waals surface area contributed by atoms with Gasteiger partial charge in [0.25, 0.3) is 0 Å². The summed E-state index contributed by atoms with van der Waals surface area (Å²) < 4.78 is 5.53. The predicted octanol–water partition coefficient (Wildman–Crippen LogP) is 4.17. The summed E-state index contributed by atoms with van der Waals surface area (Å²) >= 11 is 11.2. The minimum Gasteiger partial charge on any atom is -0.493 e. The van der Waals surface area contributed by atoms with Crippen LogP contribution in [0.3, 0.4) is 0 Å². The fourth-order valence-corrected chi connectivity index (χ4v) is 1.43. The zero-order valence-corrected chi connectivity index (χ0v) is 9.48. The maximum Gasteiger partial charge on any atom is 0.122 e. The molecule has 0 saturated carbocycles. The molecule has 0 atom stereocenters. The summed E-state index contributed by atoms with van der Waals surface area (Å²) in [6, 6.07) is 5.58. The van der Waals surface area contributed by atoms with Gasteiger partial charge in [0, 0.05) is 17.0 Å². The Kier molecular flexibility index (Phi) is 4.85. The van der Waals surface area contributed by atoms with Gasteiger partial charge in [-0.15, -0.1) is 0 Å². The maximum absolute atomic E-state index is 5.82. The monoisotopic (exact) mass is 230 g/mol. The lowest BCUT2D eigenvalue weighted by atomic mass is 10.2. The number of hydrogen-bond donors (Lipinski definition) is 0. The maximum atomic E-state index is 5.82. The Hall–Kier alpha value is -0.660. The Morgan fingerprint density at radius 1 is 1.43 bits per heavy atom. The van der Waals surface area contributed by atoms with Crippen LogP contribution in [-0.2, 0) is 0 Å². The van der Waals surface area contributed by atoms with E-state index < -0.39 is 0 Å². The molecule has 0 bridgehead atoms. The molecular formula is C11H12Cl2O. The summed E-state index contributed by atoms with van der Waals surface area (Å²) in [5.41, 5.74) is 2.55. The SMILES string of the molecule is Cc1cc(Cl)ccc1OCC/C=C/Cl. The molecule has 14 heavy (non-hydrogen) atoms. The van der Waals surface area contributed by atoms with Gasteiger partial charge >= 0.3 is 0 Å². The summed E-state index contributed by atoms with van der Waals surface area (Å²) in [6.07, 6.45) is 2.67. The quantitative estimate of drug-likeness (QED) is 0.706. The molecule has 3 heteroatoms. The summed E-state index contributed by atoms with van der Waals surface area (Å²) in [6.45, 7) is 2.60. The molecule has 1 rings (SSSR count). The summed E-state index contributed by atoms with van der Waals surface area (Å²) in [5.74, 6) is 0.873. The zero-order valence-electron chi connectivity index (χ0n) is 7.97. The van der Waals surface area contributed by atoms with Gasteiger partial charge in [-0.1, -0.05) is 29.3 Å². The van der Waals surface area contributed by atoms with E-state index in [1.807, 2.05) is 31.2 Å². The van der Waals surface area contributed by atoms with Crippen LogP contribution >= 0.6 is 23.2 Å². The van der Waals surface area contributed by atoms with Crippen molar-refractivity contribution in [2.45, 2.75) is 13.3 Å². The van der Waals surface area contributed by atoms with E-state index in [0.717, 1.165) is 22.8 Å². The Morgan fingerprint density at radius 3 is 2.86 bits per heavy atom. The molecule has 0 aromatic heterocycles. The van der Waals surface area contributed by atoms with E-state index >= 15 is 0 Å². The first-order chi connectivity index (χ1) is 6.74. The summed E-state index contributed by atoms with van der Waals surface area (Å²) in [4.78, 5) is 0. The number of rotatable bonds is 4. The highest BCUT2D eigenvalue weighted by molar-refractivity contribution is 6.30. The molecule has 0 fully saturated rings. The van der Waals surface area contributed by atoms with Crippen LogP contribution in [0.1, 0.15) is 12.0 Å². The van der Waals surface area contributed by atoms with Gasteiger partial charge in [-0.2, -0.15) is 0 Å². The van der Waals surface area contributed by atoms with Crippen LogP contribution in [0.25, 0.3) is 0 Å². The first-order valence-electron chi connectivity index (χ1n) is 4.38. The molecule has 0 aliphatic carbocycles. The topological polar surface area (TPSA) is 9.23 Å². The normalized spacial score (nSPS) is 10.8. The number of hydrogen-bond acceptors (Lipinski definition) is 1. The van der Waals surface area contributed by atoms with Gasteiger partial charge in [0.1, 0.15) is 5.75 Å². The second-order valence-electron chi connectivity index (χ2n) is 2.91. The second-order valence-corrected chi connectivity index (χ2v) is 3.60. The molecule has 0 aliphatic heterocycles. The van der Waals surface area contributed by atoms with Crippen LogP contribution < -0.4 is 4.74 Å². The molecule has 0 amide bonds. The van der Waals surface area contributed by atoms with Crippen molar-refractivity contribution in [3.05, 3.63) is 40.4 Å². The zero-order chi connectivity index (χ0) is 10.4. The molecular weight excluding hydrogens is 219 g/mol. The Labute approximate surface area is 94.3 Å². The van der Waals surface area contributed by atoms with E-state index in [1.165, 1.54) is 5.54 Å². The van der Waals surface area contributed by atoms with E-state index in [4.69, 9.17) is 27.9 Å². The number of aryl methyl sites for hydroxylation is 1.